The van der Waals surface area contributed by atoms with E-state index in [4.69, 9.17) is 14.7 Å². The maximum Gasteiger partial charge on any atom is 0.348 e. The first-order valence-corrected chi connectivity index (χ1v) is 5.44. The van der Waals surface area contributed by atoms with Crippen molar-refractivity contribution in [3.63, 3.8) is 0 Å². The van der Waals surface area contributed by atoms with Crippen molar-refractivity contribution >= 4 is 11.9 Å². The van der Waals surface area contributed by atoms with Gasteiger partial charge in [-0.25, -0.2) is 4.79 Å². The lowest BCUT2D eigenvalue weighted by Gasteiger charge is -2.12. The summed E-state index contributed by atoms with van der Waals surface area (Å²) < 4.78 is 9.56. The molecule has 5 heteroatoms. The summed E-state index contributed by atoms with van der Waals surface area (Å²) in [6.07, 6.45) is 0. The summed E-state index contributed by atoms with van der Waals surface area (Å²) in [7, 11) is 0. The maximum atomic E-state index is 11.5. The molecule has 0 aliphatic rings. The number of ether oxygens (including phenoxy) is 2. The van der Waals surface area contributed by atoms with Crippen LogP contribution in [0.2, 0.25) is 0 Å². The summed E-state index contributed by atoms with van der Waals surface area (Å²) in [5.41, 5.74) is 0.233. The second kappa shape index (κ2) is 7.44. The molecule has 0 spiro atoms. The average molecular weight is 239 g/mol. The fourth-order valence-corrected chi connectivity index (χ4v) is 1.16. The second-order valence-corrected chi connectivity index (χ2v) is 3.36. The molecule has 0 saturated carbocycles. The zero-order valence-electron chi connectivity index (χ0n) is 10.6. The molecule has 0 aromatic carbocycles. The van der Waals surface area contributed by atoms with Gasteiger partial charge in [-0.05, 0) is 33.3 Å². The smallest absolute Gasteiger partial charge is 0.348 e. The Morgan fingerprint density at radius 3 is 2.18 bits per heavy atom. The predicted octanol–water partition coefficient (Wildman–Crippen LogP) is 1.59. The Hall–Kier alpha value is -1.83. The lowest BCUT2D eigenvalue weighted by Crippen LogP contribution is -2.19. The van der Waals surface area contributed by atoms with Crippen LogP contribution in [0, 0.1) is 17.2 Å². The monoisotopic (exact) mass is 239 g/mol. The van der Waals surface area contributed by atoms with Crippen LogP contribution in [-0.2, 0) is 19.1 Å². The maximum absolute atomic E-state index is 11.5. The van der Waals surface area contributed by atoms with Crippen LogP contribution in [0.25, 0.3) is 0 Å². The van der Waals surface area contributed by atoms with Gasteiger partial charge in [0, 0.05) is 0 Å². The van der Waals surface area contributed by atoms with E-state index in [0.717, 1.165) is 0 Å². The quantitative estimate of drug-likeness (QED) is 0.413. The van der Waals surface area contributed by atoms with E-state index >= 15 is 0 Å². The molecular formula is C12H17NO4. The topological polar surface area (TPSA) is 76.4 Å². The number of carbonyl (C=O) groups is 2. The van der Waals surface area contributed by atoms with Gasteiger partial charge < -0.3 is 9.47 Å². The SMILES string of the molecule is CCOC(=O)/C(C#N)=C(\C)C(C)C(=O)OCC. The van der Waals surface area contributed by atoms with Gasteiger partial charge in [0.05, 0.1) is 19.1 Å². The summed E-state index contributed by atoms with van der Waals surface area (Å²) in [6, 6.07) is 1.76. The summed E-state index contributed by atoms with van der Waals surface area (Å²) in [4.78, 5) is 22.9. The molecule has 0 amide bonds. The van der Waals surface area contributed by atoms with Crippen molar-refractivity contribution in [2.75, 3.05) is 13.2 Å². The summed E-state index contributed by atoms with van der Waals surface area (Å²) in [5.74, 6) is -1.79. The third-order valence-corrected chi connectivity index (χ3v) is 2.28. The highest BCUT2D eigenvalue weighted by molar-refractivity contribution is 5.94. The van der Waals surface area contributed by atoms with Gasteiger partial charge in [-0.2, -0.15) is 5.26 Å². The molecule has 0 heterocycles. The highest BCUT2D eigenvalue weighted by atomic mass is 16.5. The zero-order valence-corrected chi connectivity index (χ0v) is 10.6. The number of nitrogens with zero attached hydrogens (tertiary/aromatic N) is 1. The molecule has 0 N–H and O–H groups in total. The van der Waals surface area contributed by atoms with Gasteiger partial charge in [0.15, 0.2) is 0 Å². The molecule has 0 fully saturated rings. The van der Waals surface area contributed by atoms with Crippen molar-refractivity contribution < 1.29 is 19.1 Å². The summed E-state index contributed by atoms with van der Waals surface area (Å²) in [6.45, 7) is 6.93. The highest BCUT2D eigenvalue weighted by Gasteiger charge is 2.23. The van der Waals surface area contributed by atoms with Gasteiger partial charge in [0.1, 0.15) is 11.6 Å². The van der Waals surface area contributed by atoms with E-state index in [1.807, 2.05) is 0 Å². The summed E-state index contributed by atoms with van der Waals surface area (Å²) >= 11 is 0. The van der Waals surface area contributed by atoms with Gasteiger partial charge in [-0.1, -0.05) is 0 Å². The van der Waals surface area contributed by atoms with Crippen LogP contribution < -0.4 is 0 Å². The minimum Gasteiger partial charge on any atom is -0.466 e. The van der Waals surface area contributed by atoms with Crippen LogP contribution in [0.5, 0.6) is 0 Å². The van der Waals surface area contributed by atoms with E-state index in [1.165, 1.54) is 0 Å². The Labute approximate surface area is 101 Å². The highest BCUT2D eigenvalue weighted by Crippen LogP contribution is 2.17. The molecule has 1 atom stereocenters. The van der Waals surface area contributed by atoms with Crippen molar-refractivity contribution in [1.82, 2.24) is 0 Å². The molecule has 0 saturated heterocycles. The second-order valence-electron chi connectivity index (χ2n) is 3.36. The Balaban J connectivity index is 5.04. The summed E-state index contributed by atoms with van der Waals surface area (Å²) in [5, 5.41) is 8.89. The lowest BCUT2D eigenvalue weighted by molar-refractivity contribution is -0.146. The van der Waals surface area contributed by atoms with E-state index in [0.29, 0.717) is 5.57 Å². The van der Waals surface area contributed by atoms with Gasteiger partial charge in [-0.15, -0.1) is 0 Å². The average Bonchev–Trinajstić information content (AvgIpc) is 2.29. The van der Waals surface area contributed by atoms with Crippen molar-refractivity contribution in [3.8, 4) is 6.07 Å². The fraction of sp³-hybridized carbons (Fsp3) is 0.583. The van der Waals surface area contributed by atoms with Crippen LogP contribution in [0.1, 0.15) is 27.7 Å². The fourth-order valence-electron chi connectivity index (χ4n) is 1.16. The number of carbonyl (C=O) groups excluding carboxylic acids is 2. The molecule has 17 heavy (non-hydrogen) atoms. The minimum absolute atomic E-state index is 0.132. The molecule has 0 aromatic rings. The van der Waals surface area contributed by atoms with Gasteiger partial charge in [0.25, 0.3) is 0 Å². The van der Waals surface area contributed by atoms with E-state index in [-0.39, 0.29) is 18.8 Å². The van der Waals surface area contributed by atoms with Crippen LogP contribution in [0.15, 0.2) is 11.1 Å². The van der Waals surface area contributed by atoms with E-state index in [2.05, 4.69) is 0 Å². The number of hydrogen-bond donors (Lipinski definition) is 0. The third-order valence-electron chi connectivity index (χ3n) is 2.28. The first kappa shape index (κ1) is 15.2. The minimum atomic E-state index is -0.705. The number of hydrogen-bond acceptors (Lipinski definition) is 5. The first-order chi connectivity index (χ1) is 7.99. The molecular weight excluding hydrogens is 222 g/mol. The lowest BCUT2D eigenvalue weighted by atomic mass is 9.98. The Kier molecular flexibility index (Phi) is 6.64. The molecule has 5 nitrogen and oxygen atoms in total. The Morgan fingerprint density at radius 1 is 1.24 bits per heavy atom. The van der Waals surface area contributed by atoms with Gasteiger partial charge in [-0.3, -0.25) is 4.79 Å². The van der Waals surface area contributed by atoms with Gasteiger partial charge >= 0.3 is 11.9 Å². The number of esters is 2. The van der Waals surface area contributed by atoms with E-state index < -0.39 is 17.9 Å². The standard InChI is InChI=1S/C12H17NO4/c1-5-16-11(14)9(4)8(3)10(7-13)12(15)17-6-2/h9H,5-6H2,1-4H3/b10-8+. The predicted molar refractivity (Wildman–Crippen MR) is 60.7 cm³/mol. The molecule has 0 rings (SSSR count). The first-order valence-electron chi connectivity index (χ1n) is 5.44. The Bertz CT molecular complexity index is 365. The molecule has 0 radical (unpaired) electrons. The van der Waals surface area contributed by atoms with Crippen LogP contribution in [-0.4, -0.2) is 25.2 Å². The van der Waals surface area contributed by atoms with Crippen molar-refractivity contribution in [1.29, 1.82) is 5.26 Å². The third kappa shape index (κ3) is 4.27. The van der Waals surface area contributed by atoms with Crippen LogP contribution in [0.3, 0.4) is 0 Å². The normalized spacial score (nSPS) is 13.1. The van der Waals surface area contributed by atoms with E-state index in [1.54, 1.807) is 33.8 Å². The van der Waals surface area contributed by atoms with Crippen molar-refractivity contribution in [2.24, 2.45) is 5.92 Å². The van der Waals surface area contributed by atoms with Crippen molar-refractivity contribution in [2.45, 2.75) is 27.7 Å². The molecule has 94 valence electrons. The molecule has 0 bridgehead atoms. The molecule has 1 unspecified atom stereocenters. The largest absolute Gasteiger partial charge is 0.466 e. The Morgan fingerprint density at radius 2 is 1.76 bits per heavy atom. The number of nitriles is 1. The number of rotatable bonds is 5. The molecule has 0 aromatic heterocycles. The van der Waals surface area contributed by atoms with Crippen LogP contribution >= 0.6 is 0 Å². The zero-order chi connectivity index (χ0) is 13.4. The molecule has 0 aliphatic heterocycles. The molecule has 0 aliphatic carbocycles. The van der Waals surface area contributed by atoms with Crippen molar-refractivity contribution in [3.05, 3.63) is 11.1 Å². The van der Waals surface area contributed by atoms with Gasteiger partial charge in [0.2, 0.25) is 0 Å². The van der Waals surface area contributed by atoms with Crippen LogP contribution in [0.4, 0.5) is 0 Å². The van der Waals surface area contributed by atoms with E-state index in [9.17, 15) is 9.59 Å².